The van der Waals surface area contributed by atoms with Gasteiger partial charge in [0.05, 0.1) is 10.6 Å². The molecule has 0 saturated heterocycles. The molecule has 2 aromatic carbocycles. The Balaban J connectivity index is 2.16. The van der Waals surface area contributed by atoms with E-state index in [-0.39, 0.29) is 10.8 Å². The average molecular weight is 375 g/mol. The molecular formula is C20H26N2O3S. The van der Waals surface area contributed by atoms with Crippen molar-refractivity contribution < 1.29 is 13.2 Å². The highest BCUT2D eigenvalue weighted by Crippen LogP contribution is 2.23. The van der Waals surface area contributed by atoms with Crippen molar-refractivity contribution in [3.8, 4) is 0 Å². The number of nitrogens with one attached hydrogen (secondary N) is 1. The first-order valence-corrected chi connectivity index (χ1v) is 10.3. The second-order valence-electron chi connectivity index (χ2n) is 6.47. The lowest BCUT2D eigenvalue weighted by atomic mass is 10.1. The number of anilines is 1. The van der Waals surface area contributed by atoms with Crippen LogP contribution >= 0.6 is 0 Å². The fourth-order valence-electron chi connectivity index (χ4n) is 2.57. The van der Waals surface area contributed by atoms with Gasteiger partial charge in [0.2, 0.25) is 0 Å². The van der Waals surface area contributed by atoms with E-state index in [1.807, 2.05) is 0 Å². The Morgan fingerprint density at radius 3 is 2.19 bits per heavy atom. The minimum Gasteiger partial charge on any atom is -0.352 e. The maximum Gasteiger partial charge on any atom is 0.264 e. The minimum absolute atomic E-state index is 0.147. The number of carbonyl (C=O) groups excluding carboxylic acids is 1. The summed E-state index contributed by atoms with van der Waals surface area (Å²) in [5.74, 6) is 0.380. The van der Waals surface area contributed by atoms with Gasteiger partial charge in [-0.2, -0.15) is 0 Å². The molecule has 140 valence electrons. The fourth-order valence-corrected chi connectivity index (χ4v) is 4.06. The molecule has 0 aliphatic rings. The van der Waals surface area contributed by atoms with E-state index in [9.17, 15) is 13.2 Å². The second kappa shape index (κ2) is 8.85. The first-order chi connectivity index (χ1) is 12.4. The van der Waals surface area contributed by atoms with Crippen LogP contribution in [0, 0.1) is 5.92 Å². The Morgan fingerprint density at radius 1 is 1.04 bits per heavy atom. The highest BCUT2D eigenvalue weighted by molar-refractivity contribution is 7.92. The number of hydrogen-bond donors (Lipinski definition) is 1. The van der Waals surface area contributed by atoms with Crippen molar-refractivity contribution in [2.75, 3.05) is 17.4 Å². The van der Waals surface area contributed by atoms with Crippen LogP contribution in [0.15, 0.2) is 59.5 Å². The molecule has 0 aromatic heterocycles. The van der Waals surface area contributed by atoms with Crippen LogP contribution in [0.25, 0.3) is 0 Å². The van der Waals surface area contributed by atoms with Crippen LogP contribution in [0.2, 0.25) is 0 Å². The molecule has 1 amide bonds. The van der Waals surface area contributed by atoms with Crippen molar-refractivity contribution >= 4 is 21.6 Å². The standard InChI is InChI=1S/C20H26N2O3S/c1-4-22(26(24,25)19-8-6-5-7-9-19)18-12-10-17(11-13-18)20(23)21-15-14-16(2)3/h5-13,16H,4,14-15H2,1-3H3,(H,21,23). The van der Waals surface area contributed by atoms with Gasteiger partial charge in [-0.15, -0.1) is 0 Å². The van der Waals surface area contributed by atoms with E-state index in [0.29, 0.717) is 30.3 Å². The predicted molar refractivity (Wildman–Crippen MR) is 105 cm³/mol. The van der Waals surface area contributed by atoms with Gasteiger partial charge < -0.3 is 5.32 Å². The Bertz CT molecular complexity index is 816. The molecule has 26 heavy (non-hydrogen) atoms. The highest BCUT2D eigenvalue weighted by Gasteiger charge is 2.23. The van der Waals surface area contributed by atoms with Crippen LogP contribution in [0.1, 0.15) is 37.6 Å². The first-order valence-electron chi connectivity index (χ1n) is 8.82. The average Bonchev–Trinajstić information content (AvgIpc) is 2.63. The van der Waals surface area contributed by atoms with E-state index in [1.165, 1.54) is 4.31 Å². The van der Waals surface area contributed by atoms with Crippen molar-refractivity contribution in [2.24, 2.45) is 5.92 Å². The summed E-state index contributed by atoms with van der Waals surface area (Å²) in [6, 6.07) is 15.0. The van der Waals surface area contributed by atoms with E-state index in [4.69, 9.17) is 0 Å². The zero-order valence-corrected chi connectivity index (χ0v) is 16.3. The smallest absolute Gasteiger partial charge is 0.264 e. The largest absolute Gasteiger partial charge is 0.352 e. The minimum atomic E-state index is -3.63. The maximum atomic E-state index is 12.8. The van der Waals surface area contributed by atoms with Crippen LogP contribution in [0.3, 0.4) is 0 Å². The summed E-state index contributed by atoms with van der Waals surface area (Å²) < 4.78 is 27.0. The highest BCUT2D eigenvalue weighted by atomic mass is 32.2. The molecule has 0 atom stereocenters. The number of carbonyl (C=O) groups is 1. The van der Waals surface area contributed by atoms with Gasteiger partial charge >= 0.3 is 0 Å². The van der Waals surface area contributed by atoms with Crippen molar-refractivity contribution in [2.45, 2.75) is 32.1 Å². The number of amides is 1. The van der Waals surface area contributed by atoms with Gasteiger partial charge in [0.1, 0.15) is 0 Å². The van der Waals surface area contributed by atoms with Gasteiger partial charge in [-0.25, -0.2) is 8.42 Å². The topological polar surface area (TPSA) is 66.5 Å². The molecule has 2 rings (SSSR count). The fraction of sp³-hybridized carbons (Fsp3) is 0.350. The zero-order valence-electron chi connectivity index (χ0n) is 15.5. The molecule has 1 N–H and O–H groups in total. The quantitative estimate of drug-likeness (QED) is 0.766. The van der Waals surface area contributed by atoms with Gasteiger partial charge in [-0.3, -0.25) is 9.10 Å². The first kappa shape index (κ1) is 20.0. The van der Waals surface area contributed by atoms with Crippen LogP contribution in [-0.4, -0.2) is 27.4 Å². The lowest BCUT2D eigenvalue weighted by molar-refractivity contribution is 0.0952. The number of benzene rings is 2. The molecule has 0 spiro atoms. The third-order valence-corrected chi connectivity index (χ3v) is 5.96. The molecule has 5 nitrogen and oxygen atoms in total. The molecule has 0 unspecified atom stereocenters. The third-order valence-electron chi connectivity index (χ3n) is 4.04. The maximum absolute atomic E-state index is 12.8. The van der Waals surface area contributed by atoms with Crippen LogP contribution in [0.5, 0.6) is 0 Å². The molecule has 0 saturated carbocycles. The number of nitrogens with zero attached hydrogens (tertiary/aromatic N) is 1. The molecule has 0 bridgehead atoms. The van der Waals surface area contributed by atoms with Gasteiger partial charge in [0.15, 0.2) is 0 Å². The van der Waals surface area contributed by atoms with Gasteiger partial charge in [-0.1, -0.05) is 32.0 Å². The molecule has 0 radical (unpaired) electrons. The normalized spacial score (nSPS) is 11.4. The lowest BCUT2D eigenvalue weighted by Gasteiger charge is -2.23. The number of sulfonamides is 1. The summed E-state index contributed by atoms with van der Waals surface area (Å²) in [5, 5.41) is 2.88. The van der Waals surface area contributed by atoms with E-state index in [1.54, 1.807) is 61.5 Å². The van der Waals surface area contributed by atoms with E-state index < -0.39 is 10.0 Å². The molecule has 0 fully saturated rings. The Kier molecular flexibility index (Phi) is 6.80. The number of hydrogen-bond acceptors (Lipinski definition) is 3. The third kappa shape index (κ3) is 4.85. The van der Waals surface area contributed by atoms with Gasteiger partial charge in [0, 0.05) is 18.7 Å². The summed E-state index contributed by atoms with van der Waals surface area (Å²) in [6.07, 6.45) is 0.919. The van der Waals surface area contributed by atoms with Crippen molar-refractivity contribution in [3.05, 3.63) is 60.2 Å². The van der Waals surface area contributed by atoms with E-state index in [2.05, 4.69) is 19.2 Å². The lowest BCUT2D eigenvalue weighted by Crippen LogP contribution is -2.31. The summed E-state index contributed by atoms with van der Waals surface area (Å²) in [4.78, 5) is 12.4. The van der Waals surface area contributed by atoms with Crippen LogP contribution in [0.4, 0.5) is 5.69 Å². The van der Waals surface area contributed by atoms with Crippen molar-refractivity contribution in [1.29, 1.82) is 0 Å². The molecule has 2 aromatic rings. The van der Waals surface area contributed by atoms with Crippen molar-refractivity contribution in [1.82, 2.24) is 5.32 Å². The van der Waals surface area contributed by atoms with Gasteiger partial charge in [-0.05, 0) is 55.7 Å². The SMILES string of the molecule is CCN(c1ccc(C(=O)NCCC(C)C)cc1)S(=O)(=O)c1ccccc1. The van der Waals surface area contributed by atoms with Crippen LogP contribution in [-0.2, 0) is 10.0 Å². The number of rotatable bonds is 8. The van der Waals surface area contributed by atoms with Gasteiger partial charge in [0.25, 0.3) is 15.9 Å². The van der Waals surface area contributed by atoms with E-state index >= 15 is 0 Å². The molecule has 0 aliphatic heterocycles. The predicted octanol–water partition coefficient (Wildman–Crippen LogP) is 3.68. The molecule has 0 heterocycles. The monoisotopic (exact) mass is 374 g/mol. The molecule has 0 aliphatic carbocycles. The Labute approximate surface area is 156 Å². The Morgan fingerprint density at radius 2 is 1.65 bits per heavy atom. The summed E-state index contributed by atoms with van der Waals surface area (Å²) in [7, 11) is -3.63. The molecular weight excluding hydrogens is 348 g/mol. The second-order valence-corrected chi connectivity index (χ2v) is 8.33. The summed E-state index contributed by atoms with van der Waals surface area (Å²) in [5.41, 5.74) is 1.06. The summed E-state index contributed by atoms with van der Waals surface area (Å²) >= 11 is 0. The van der Waals surface area contributed by atoms with Crippen molar-refractivity contribution in [3.63, 3.8) is 0 Å². The Hall–Kier alpha value is -2.34. The van der Waals surface area contributed by atoms with Crippen LogP contribution < -0.4 is 9.62 Å². The molecule has 6 heteroatoms. The zero-order chi connectivity index (χ0) is 19.2. The summed E-state index contributed by atoms with van der Waals surface area (Å²) in [6.45, 7) is 6.92. The van der Waals surface area contributed by atoms with E-state index in [0.717, 1.165) is 6.42 Å².